The van der Waals surface area contributed by atoms with E-state index in [1.54, 1.807) is 20.8 Å². The summed E-state index contributed by atoms with van der Waals surface area (Å²) >= 11 is 0. The zero-order valence-corrected chi connectivity index (χ0v) is 26.2. The van der Waals surface area contributed by atoms with Gasteiger partial charge in [-0.05, 0) is 32.1 Å². The maximum absolute atomic E-state index is 12.3. The van der Waals surface area contributed by atoms with Crippen LogP contribution in [0.2, 0.25) is 0 Å². The summed E-state index contributed by atoms with van der Waals surface area (Å²) < 4.78 is -0.404. The van der Waals surface area contributed by atoms with Crippen LogP contribution in [0.3, 0.4) is 0 Å². The van der Waals surface area contributed by atoms with Gasteiger partial charge in [0.15, 0.2) is 18.1 Å². The van der Waals surface area contributed by atoms with Gasteiger partial charge in [-0.3, -0.25) is 4.48 Å². The number of rotatable bonds is 28. The van der Waals surface area contributed by atoms with Crippen LogP contribution in [0.4, 0.5) is 0 Å². The zero-order valence-electron chi connectivity index (χ0n) is 26.2. The minimum atomic E-state index is -1.11. The first-order valence-electron chi connectivity index (χ1n) is 16.4. The average molecular weight is 569 g/mol. The van der Waals surface area contributed by atoms with Crippen LogP contribution < -0.4 is 0 Å². The zero-order chi connectivity index (χ0) is 30.2. The number of unbranched alkanes of at least 4 members (excludes halogenated alkanes) is 15. The Labute approximate surface area is 245 Å². The Kier molecular flexibility index (Phi) is 22.7. The van der Waals surface area contributed by atoms with Gasteiger partial charge in [-0.15, -0.1) is 0 Å². The summed E-state index contributed by atoms with van der Waals surface area (Å²) in [6.07, 6.45) is 25.5. The van der Waals surface area contributed by atoms with Gasteiger partial charge in [0.25, 0.3) is 0 Å². The van der Waals surface area contributed by atoms with Gasteiger partial charge in [0.2, 0.25) is 0 Å². The maximum atomic E-state index is 12.3. The highest BCUT2D eigenvalue weighted by Crippen LogP contribution is 2.32. The molecule has 0 aromatic heterocycles. The quantitative estimate of drug-likeness (QED) is 0.0495. The molecule has 0 saturated heterocycles. The number of hydrogen-bond acceptors (Lipinski definition) is 3. The first-order chi connectivity index (χ1) is 19.2. The van der Waals surface area contributed by atoms with Crippen molar-refractivity contribution >= 4 is 17.9 Å². The molecule has 0 spiro atoms. The van der Waals surface area contributed by atoms with E-state index in [-0.39, 0.29) is 25.8 Å². The molecule has 40 heavy (non-hydrogen) atoms. The first-order valence-corrected chi connectivity index (χ1v) is 16.4. The third-order valence-corrected chi connectivity index (χ3v) is 8.56. The van der Waals surface area contributed by atoms with E-state index in [0.29, 0.717) is 6.42 Å². The normalized spacial score (nSPS) is 15.5. The summed E-state index contributed by atoms with van der Waals surface area (Å²) in [5.74, 6) is -3.34. The van der Waals surface area contributed by atoms with Crippen molar-refractivity contribution in [1.29, 1.82) is 0 Å². The molecule has 0 heterocycles. The lowest BCUT2D eigenvalue weighted by atomic mass is 9.93. The molecular weight excluding hydrogens is 506 g/mol. The highest BCUT2D eigenvalue weighted by Gasteiger charge is 2.55. The van der Waals surface area contributed by atoms with E-state index in [1.165, 1.54) is 83.5 Å². The molecule has 3 unspecified atom stereocenters. The van der Waals surface area contributed by atoms with Crippen molar-refractivity contribution in [2.75, 3.05) is 6.54 Å². The van der Waals surface area contributed by atoms with Crippen LogP contribution in [-0.2, 0) is 14.4 Å². The van der Waals surface area contributed by atoms with Crippen molar-refractivity contribution in [3.8, 4) is 0 Å². The van der Waals surface area contributed by atoms with E-state index in [2.05, 4.69) is 19.1 Å². The molecule has 0 radical (unpaired) electrons. The summed E-state index contributed by atoms with van der Waals surface area (Å²) in [6.45, 7) is 7.62. The second-order valence-electron chi connectivity index (χ2n) is 11.5. The van der Waals surface area contributed by atoms with Crippen LogP contribution in [-0.4, -0.2) is 62.4 Å². The predicted octanol–water partition coefficient (Wildman–Crippen LogP) is 8.60. The molecule has 0 aliphatic rings. The molecule has 0 amide bonds. The molecule has 0 aromatic rings. The minimum absolute atomic E-state index is 0.194. The SMILES string of the molecule is CCCC/C=C/CCCCCCCCCCCCCCC[N+](C(CC)C(=O)O)(C(CC)C(=O)O)C(CC)C(=O)O. The number of carboxylic acids is 3. The number of aliphatic carboxylic acids is 3. The number of hydrogen-bond donors (Lipinski definition) is 3. The molecule has 0 aromatic carbocycles. The van der Waals surface area contributed by atoms with Gasteiger partial charge in [0, 0.05) is 19.3 Å². The summed E-state index contributed by atoms with van der Waals surface area (Å²) in [4.78, 5) is 36.8. The number of nitrogens with zero attached hydrogens (tertiary/aromatic N) is 1. The Morgan fingerprint density at radius 1 is 0.500 bits per heavy atom. The van der Waals surface area contributed by atoms with Crippen molar-refractivity contribution in [3.63, 3.8) is 0 Å². The molecule has 0 saturated carbocycles. The van der Waals surface area contributed by atoms with Crippen LogP contribution in [0.5, 0.6) is 0 Å². The summed E-state index contributed by atoms with van der Waals surface area (Å²) in [7, 11) is 0. The van der Waals surface area contributed by atoms with Gasteiger partial charge in [-0.1, -0.05) is 117 Å². The van der Waals surface area contributed by atoms with Crippen molar-refractivity contribution in [1.82, 2.24) is 0 Å². The molecule has 0 bridgehead atoms. The summed E-state index contributed by atoms with van der Waals surface area (Å²) in [5, 5.41) is 30.0. The smallest absolute Gasteiger partial charge is 0.362 e. The van der Waals surface area contributed by atoms with Crippen molar-refractivity contribution in [2.24, 2.45) is 0 Å². The Morgan fingerprint density at radius 3 is 1.10 bits per heavy atom. The molecule has 0 rings (SSSR count). The topological polar surface area (TPSA) is 112 Å². The molecule has 0 fully saturated rings. The van der Waals surface area contributed by atoms with E-state index < -0.39 is 40.5 Å². The molecule has 0 aliphatic heterocycles. The molecule has 3 atom stereocenters. The largest absolute Gasteiger partial charge is 0.477 e. The lowest BCUT2D eigenvalue weighted by molar-refractivity contribution is -0.973. The minimum Gasteiger partial charge on any atom is -0.477 e. The van der Waals surface area contributed by atoms with Gasteiger partial charge in [-0.25, -0.2) is 14.4 Å². The van der Waals surface area contributed by atoms with Gasteiger partial charge >= 0.3 is 17.9 Å². The number of quaternary nitrogens is 1. The molecule has 0 aliphatic carbocycles. The lowest BCUT2D eigenvalue weighted by Crippen LogP contribution is -2.72. The summed E-state index contributed by atoms with van der Waals surface area (Å²) in [6, 6.07) is -3.18. The predicted molar refractivity (Wildman–Crippen MR) is 164 cm³/mol. The Balaban J connectivity index is 4.48. The Bertz CT molecular complexity index is 652. The van der Waals surface area contributed by atoms with Crippen LogP contribution >= 0.6 is 0 Å². The number of carbonyl (C=O) groups is 3. The van der Waals surface area contributed by atoms with Crippen molar-refractivity contribution < 1.29 is 34.2 Å². The maximum Gasteiger partial charge on any atom is 0.362 e. The van der Waals surface area contributed by atoms with Gasteiger partial charge in [0.05, 0.1) is 6.54 Å². The number of carboxylic acid groups (broad SMARTS) is 3. The second kappa shape index (κ2) is 23.8. The van der Waals surface area contributed by atoms with Crippen LogP contribution in [0, 0.1) is 0 Å². The second-order valence-corrected chi connectivity index (χ2v) is 11.5. The van der Waals surface area contributed by atoms with Crippen molar-refractivity contribution in [3.05, 3.63) is 12.2 Å². The van der Waals surface area contributed by atoms with E-state index in [9.17, 15) is 29.7 Å². The van der Waals surface area contributed by atoms with Crippen molar-refractivity contribution in [2.45, 2.75) is 174 Å². The fourth-order valence-corrected chi connectivity index (χ4v) is 6.43. The van der Waals surface area contributed by atoms with E-state index in [0.717, 1.165) is 19.3 Å². The van der Waals surface area contributed by atoms with Crippen LogP contribution in [0.15, 0.2) is 12.2 Å². The Morgan fingerprint density at radius 2 is 0.800 bits per heavy atom. The highest BCUT2D eigenvalue weighted by atomic mass is 16.4. The fraction of sp³-hybridized carbons (Fsp3) is 0.848. The third kappa shape index (κ3) is 14.1. The van der Waals surface area contributed by atoms with E-state index in [1.807, 2.05) is 0 Å². The Hall–Kier alpha value is -1.89. The lowest BCUT2D eigenvalue weighted by Gasteiger charge is -2.49. The molecule has 234 valence electrons. The standard InChI is InChI=1S/C33H61NO6/c1-5-9-10-11-12-13-14-15-16-17-18-19-20-21-22-23-24-25-26-27-34(28(6-2)31(35)36,29(7-3)32(37)38)30(8-4)33(39)40/h11-12,28-30H,5-10,13-27H2,1-4H3,(H2-,35,36,37,38,39,40)/p+1/b12-11+. The first kappa shape index (κ1) is 38.1. The van der Waals surface area contributed by atoms with Crippen LogP contribution in [0.1, 0.15) is 156 Å². The summed E-state index contributed by atoms with van der Waals surface area (Å²) in [5.41, 5.74) is 0. The molecule has 7 nitrogen and oxygen atoms in total. The fourth-order valence-electron chi connectivity index (χ4n) is 6.43. The monoisotopic (exact) mass is 568 g/mol. The van der Waals surface area contributed by atoms with E-state index >= 15 is 0 Å². The van der Waals surface area contributed by atoms with E-state index in [4.69, 9.17) is 0 Å². The molecule has 3 N–H and O–H groups in total. The van der Waals surface area contributed by atoms with Gasteiger partial charge in [-0.2, -0.15) is 0 Å². The highest BCUT2D eigenvalue weighted by molar-refractivity contribution is 5.78. The third-order valence-electron chi connectivity index (χ3n) is 8.56. The van der Waals surface area contributed by atoms with Crippen LogP contribution in [0.25, 0.3) is 0 Å². The van der Waals surface area contributed by atoms with Gasteiger partial charge in [0.1, 0.15) is 0 Å². The van der Waals surface area contributed by atoms with Gasteiger partial charge < -0.3 is 15.3 Å². The average Bonchev–Trinajstić information content (AvgIpc) is 2.90. The molecular formula is C33H62NO6+. The number of allylic oxidation sites excluding steroid dienone is 2. The molecule has 7 heteroatoms.